The molecule has 1 heterocycles. The van der Waals surface area contributed by atoms with Gasteiger partial charge in [0.2, 0.25) is 11.2 Å². The van der Waals surface area contributed by atoms with Crippen molar-refractivity contribution in [2.75, 3.05) is 6.61 Å². The highest BCUT2D eigenvalue weighted by molar-refractivity contribution is 6.28. The van der Waals surface area contributed by atoms with Gasteiger partial charge in [-0.2, -0.15) is 4.98 Å². The van der Waals surface area contributed by atoms with E-state index in [0.717, 1.165) is 5.56 Å². The summed E-state index contributed by atoms with van der Waals surface area (Å²) in [5.74, 6) is 0.509. The molecule has 64 valence electrons. The molecule has 0 aliphatic rings. The van der Waals surface area contributed by atoms with Crippen molar-refractivity contribution in [3.05, 3.63) is 29.7 Å². The zero-order valence-electron chi connectivity index (χ0n) is 6.75. The minimum Gasteiger partial charge on any atom is -0.473 e. The Labute approximate surface area is 76.1 Å². The Morgan fingerprint density at radius 2 is 2.50 bits per heavy atom. The quantitative estimate of drug-likeness (QED) is 0.533. The third-order valence-corrected chi connectivity index (χ3v) is 1.42. The lowest BCUT2D eigenvalue weighted by Gasteiger charge is -2.04. The lowest BCUT2D eigenvalue weighted by Crippen LogP contribution is -1.98. The molecule has 0 unspecified atom stereocenters. The minimum atomic E-state index is 0.194. The third-order valence-electron chi connectivity index (χ3n) is 1.23. The van der Waals surface area contributed by atoms with Crippen LogP contribution in [0.15, 0.2) is 18.9 Å². The molecule has 1 aromatic heterocycles. The molecule has 0 N–H and O–H groups in total. The van der Waals surface area contributed by atoms with Gasteiger partial charge in [-0.05, 0) is 18.5 Å². The van der Waals surface area contributed by atoms with Crippen LogP contribution >= 0.6 is 11.6 Å². The van der Waals surface area contributed by atoms with Crippen LogP contribution in [0, 0.1) is 6.92 Å². The maximum Gasteiger partial charge on any atom is 0.225 e. The molecule has 0 fully saturated rings. The summed E-state index contributed by atoms with van der Waals surface area (Å²) in [5.41, 5.74) is 0.862. The molecule has 12 heavy (non-hydrogen) atoms. The van der Waals surface area contributed by atoms with Gasteiger partial charge in [-0.15, -0.1) is 0 Å². The third kappa shape index (κ3) is 2.20. The summed E-state index contributed by atoms with van der Waals surface area (Å²) in [4.78, 5) is 7.69. The van der Waals surface area contributed by atoms with Crippen molar-refractivity contribution >= 4 is 11.6 Å². The van der Waals surface area contributed by atoms with E-state index >= 15 is 0 Å². The predicted molar refractivity (Wildman–Crippen MR) is 47.5 cm³/mol. The lowest BCUT2D eigenvalue weighted by atomic mass is 10.4. The van der Waals surface area contributed by atoms with E-state index in [1.54, 1.807) is 12.3 Å². The molecule has 0 saturated carbocycles. The maximum atomic E-state index is 5.57. The van der Waals surface area contributed by atoms with E-state index in [2.05, 4.69) is 16.5 Å². The molecule has 4 heteroatoms. The number of rotatable bonds is 3. The Kier molecular flexibility index (Phi) is 3.05. The first kappa shape index (κ1) is 9.00. The SMILES string of the molecule is C=CCOc1nc(Cl)ncc1C. The fourth-order valence-corrected chi connectivity index (χ4v) is 0.816. The lowest BCUT2D eigenvalue weighted by molar-refractivity contribution is 0.345. The summed E-state index contributed by atoms with van der Waals surface area (Å²) >= 11 is 5.57. The summed E-state index contributed by atoms with van der Waals surface area (Å²) < 4.78 is 5.21. The molecule has 0 aliphatic heterocycles. The van der Waals surface area contributed by atoms with Gasteiger partial charge in [0.05, 0.1) is 0 Å². The van der Waals surface area contributed by atoms with E-state index < -0.39 is 0 Å². The molecule has 3 nitrogen and oxygen atoms in total. The minimum absolute atomic E-state index is 0.194. The van der Waals surface area contributed by atoms with E-state index in [9.17, 15) is 0 Å². The van der Waals surface area contributed by atoms with Crippen molar-refractivity contribution in [2.45, 2.75) is 6.92 Å². The largest absolute Gasteiger partial charge is 0.473 e. The Bertz CT molecular complexity index is 288. The van der Waals surface area contributed by atoms with E-state index in [4.69, 9.17) is 16.3 Å². The summed E-state index contributed by atoms with van der Waals surface area (Å²) in [6.07, 6.45) is 3.27. The number of halogens is 1. The molecule has 0 atom stereocenters. The number of hydrogen-bond donors (Lipinski definition) is 0. The average molecular weight is 185 g/mol. The van der Waals surface area contributed by atoms with Crippen LogP contribution in [0.5, 0.6) is 5.88 Å². The van der Waals surface area contributed by atoms with E-state index in [0.29, 0.717) is 12.5 Å². The van der Waals surface area contributed by atoms with Gasteiger partial charge in [0.1, 0.15) is 6.61 Å². The molecule has 0 aromatic carbocycles. The van der Waals surface area contributed by atoms with Crippen LogP contribution in [0.25, 0.3) is 0 Å². The fraction of sp³-hybridized carbons (Fsp3) is 0.250. The summed E-state index contributed by atoms with van der Waals surface area (Å²) in [6.45, 7) is 5.81. The highest BCUT2D eigenvalue weighted by Crippen LogP contribution is 2.14. The average Bonchev–Trinajstić information content (AvgIpc) is 2.07. The molecular formula is C8H9ClN2O. The fourth-order valence-electron chi connectivity index (χ4n) is 0.690. The Balaban J connectivity index is 2.82. The van der Waals surface area contributed by atoms with Crippen LogP contribution in [-0.4, -0.2) is 16.6 Å². The topological polar surface area (TPSA) is 35.0 Å². The van der Waals surface area contributed by atoms with Crippen molar-refractivity contribution in [1.82, 2.24) is 9.97 Å². The van der Waals surface area contributed by atoms with Gasteiger partial charge in [-0.1, -0.05) is 12.7 Å². The van der Waals surface area contributed by atoms with Crippen molar-refractivity contribution in [1.29, 1.82) is 0 Å². The number of aromatic nitrogens is 2. The highest BCUT2D eigenvalue weighted by Gasteiger charge is 2.01. The molecule has 0 bridgehead atoms. The van der Waals surface area contributed by atoms with Crippen LogP contribution in [0.1, 0.15) is 5.56 Å². The second-order valence-corrected chi connectivity index (χ2v) is 2.56. The van der Waals surface area contributed by atoms with Crippen LogP contribution in [0.4, 0.5) is 0 Å². The molecule has 0 radical (unpaired) electrons. The molecule has 0 spiro atoms. The zero-order valence-corrected chi connectivity index (χ0v) is 7.51. The Hall–Kier alpha value is -1.09. The number of ether oxygens (including phenoxy) is 1. The van der Waals surface area contributed by atoms with Crippen LogP contribution in [0.2, 0.25) is 5.28 Å². The zero-order chi connectivity index (χ0) is 8.97. The van der Waals surface area contributed by atoms with Crippen LogP contribution < -0.4 is 4.74 Å². The summed E-state index contributed by atoms with van der Waals surface area (Å²) in [6, 6.07) is 0. The Morgan fingerprint density at radius 3 is 3.17 bits per heavy atom. The summed E-state index contributed by atoms with van der Waals surface area (Å²) in [5, 5.41) is 0.194. The van der Waals surface area contributed by atoms with E-state index in [1.807, 2.05) is 6.92 Å². The van der Waals surface area contributed by atoms with Gasteiger partial charge in [0.15, 0.2) is 0 Å². The second-order valence-electron chi connectivity index (χ2n) is 2.23. The molecular weight excluding hydrogens is 176 g/mol. The van der Waals surface area contributed by atoms with E-state index in [1.165, 1.54) is 0 Å². The smallest absolute Gasteiger partial charge is 0.225 e. The molecule has 1 rings (SSSR count). The highest BCUT2D eigenvalue weighted by atomic mass is 35.5. The van der Waals surface area contributed by atoms with Gasteiger partial charge in [0.25, 0.3) is 0 Å². The van der Waals surface area contributed by atoms with Gasteiger partial charge in [-0.25, -0.2) is 4.98 Å². The first-order valence-electron chi connectivity index (χ1n) is 3.47. The van der Waals surface area contributed by atoms with Crippen molar-refractivity contribution in [3.63, 3.8) is 0 Å². The number of aryl methyl sites for hydroxylation is 1. The van der Waals surface area contributed by atoms with E-state index in [-0.39, 0.29) is 5.28 Å². The monoisotopic (exact) mass is 184 g/mol. The normalized spacial score (nSPS) is 9.50. The summed E-state index contributed by atoms with van der Waals surface area (Å²) in [7, 11) is 0. The molecule has 0 aliphatic carbocycles. The number of hydrogen-bond acceptors (Lipinski definition) is 3. The van der Waals surface area contributed by atoms with Crippen LogP contribution in [0.3, 0.4) is 0 Å². The second kappa shape index (κ2) is 4.07. The first-order valence-corrected chi connectivity index (χ1v) is 3.84. The van der Waals surface area contributed by atoms with Gasteiger partial charge in [0, 0.05) is 11.8 Å². The number of nitrogens with zero attached hydrogens (tertiary/aromatic N) is 2. The van der Waals surface area contributed by atoms with Gasteiger partial charge >= 0.3 is 0 Å². The molecule has 1 aromatic rings. The Morgan fingerprint density at radius 1 is 1.75 bits per heavy atom. The first-order chi connectivity index (χ1) is 5.74. The van der Waals surface area contributed by atoms with Crippen molar-refractivity contribution in [2.24, 2.45) is 0 Å². The predicted octanol–water partition coefficient (Wildman–Crippen LogP) is 2.00. The van der Waals surface area contributed by atoms with Crippen molar-refractivity contribution in [3.8, 4) is 5.88 Å². The van der Waals surface area contributed by atoms with Gasteiger partial charge in [-0.3, -0.25) is 0 Å². The van der Waals surface area contributed by atoms with Gasteiger partial charge < -0.3 is 4.74 Å². The molecule has 0 saturated heterocycles. The van der Waals surface area contributed by atoms with Crippen LogP contribution in [-0.2, 0) is 0 Å². The van der Waals surface area contributed by atoms with Crippen molar-refractivity contribution < 1.29 is 4.74 Å². The standard InChI is InChI=1S/C8H9ClN2O/c1-3-4-12-7-6(2)5-10-8(9)11-7/h3,5H,1,4H2,2H3. The maximum absolute atomic E-state index is 5.57. The molecule has 0 amide bonds.